The van der Waals surface area contributed by atoms with Gasteiger partial charge in [0.1, 0.15) is 0 Å². The van der Waals surface area contributed by atoms with Gasteiger partial charge in [0.15, 0.2) is 0 Å². The van der Waals surface area contributed by atoms with Gasteiger partial charge in [-0.2, -0.15) is 0 Å². The van der Waals surface area contributed by atoms with E-state index in [0.717, 1.165) is 50.9 Å². The lowest BCUT2D eigenvalue weighted by atomic mass is 9.76. The molecule has 4 nitrogen and oxygen atoms in total. The molecule has 2 aliphatic heterocycles. The van der Waals surface area contributed by atoms with Gasteiger partial charge >= 0.3 is 0 Å². The minimum absolute atomic E-state index is 0.0119. The molecular formula is C15H24N2O2. The Labute approximate surface area is 115 Å². The van der Waals surface area contributed by atoms with E-state index in [-0.39, 0.29) is 17.2 Å². The highest BCUT2D eigenvalue weighted by Crippen LogP contribution is 2.48. The predicted octanol–water partition coefficient (Wildman–Crippen LogP) is 2.58. The van der Waals surface area contributed by atoms with E-state index in [1.54, 1.807) is 0 Å². The number of carbonyl (C=O) groups is 1. The number of likely N-dealkylation sites (tertiary alicyclic amines) is 1. The van der Waals surface area contributed by atoms with Gasteiger partial charge in [-0.1, -0.05) is 25.9 Å². The number of hydrogen-bond donors (Lipinski definition) is 0. The molecule has 1 saturated heterocycles. The Balaban J connectivity index is 1.86. The summed E-state index contributed by atoms with van der Waals surface area (Å²) in [5.41, 5.74) is 0.409. The van der Waals surface area contributed by atoms with E-state index < -0.39 is 5.60 Å². The molecule has 0 N–H and O–H groups in total. The van der Waals surface area contributed by atoms with Gasteiger partial charge < -0.3 is 9.74 Å². The highest BCUT2D eigenvalue weighted by atomic mass is 16.7. The molecule has 106 valence electrons. The van der Waals surface area contributed by atoms with E-state index in [1.807, 2.05) is 4.90 Å². The molecular weight excluding hydrogens is 240 g/mol. The van der Waals surface area contributed by atoms with Crippen molar-refractivity contribution in [2.24, 2.45) is 16.5 Å². The van der Waals surface area contributed by atoms with E-state index in [2.05, 4.69) is 25.9 Å². The summed E-state index contributed by atoms with van der Waals surface area (Å²) < 4.78 is 0. The molecule has 19 heavy (non-hydrogen) atoms. The molecule has 3 aliphatic rings. The van der Waals surface area contributed by atoms with Crippen molar-refractivity contribution >= 4 is 11.6 Å². The summed E-state index contributed by atoms with van der Waals surface area (Å²) in [6.45, 7) is 8.25. The first-order valence-electron chi connectivity index (χ1n) is 7.51. The van der Waals surface area contributed by atoms with Gasteiger partial charge in [-0.25, -0.2) is 0 Å². The summed E-state index contributed by atoms with van der Waals surface area (Å²) in [6.07, 6.45) is 5.18. The molecule has 0 spiro atoms. The summed E-state index contributed by atoms with van der Waals surface area (Å²) in [5.74, 6) is 0.385. The van der Waals surface area contributed by atoms with Crippen molar-refractivity contribution in [2.45, 2.75) is 58.5 Å². The lowest BCUT2D eigenvalue weighted by Gasteiger charge is -2.32. The standard InChI is InChI=1S/C15H24N2O2/c1-14(2,3)12-11-7-6-8-15(11,19-16-12)13(18)17-9-4-5-10-17/h11H,4-10H2,1-3H3. The second-order valence-corrected chi connectivity index (χ2v) is 7.15. The highest BCUT2D eigenvalue weighted by molar-refractivity contribution is 6.00. The smallest absolute Gasteiger partial charge is 0.270 e. The SMILES string of the molecule is CC(C)(C)C1=NOC2(C(=O)N3CCCC3)CCCC12. The number of carbonyl (C=O) groups excluding carboxylic acids is 1. The number of hydrogen-bond acceptors (Lipinski definition) is 3. The van der Waals surface area contributed by atoms with Crippen molar-refractivity contribution in [3.63, 3.8) is 0 Å². The van der Waals surface area contributed by atoms with Crippen LogP contribution in [0.2, 0.25) is 0 Å². The van der Waals surface area contributed by atoms with Crippen LogP contribution in [0.25, 0.3) is 0 Å². The van der Waals surface area contributed by atoms with Crippen molar-refractivity contribution in [1.29, 1.82) is 0 Å². The fourth-order valence-corrected chi connectivity index (χ4v) is 3.78. The second-order valence-electron chi connectivity index (χ2n) is 7.15. The van der Waals surface area contributed by atoms with Crippen molar-refractivity contribution in [3.8, 4) is 0 Å². The van der Waals surface area contributed by atoms with Gasteiger partial charge in [-0.15, -0.1) is 0 Å². The van der Waals surface area contributed by atoms with Crippen LogP contribution < -0.4 is 0 Å². The van der Waals surface area contributed by atoms with E-state index in [0.29, 0.717) is 0 Å². The minimum atomic E-state index is -0.660. The average Bonchev–Trinajstić information content (AvgIpc) is 3.02. The van der Waals surface area contributed by atoms with Crippen LogP contribution >= 0.6 is 0 Å². The molecule has 3 rings (SSSR count). The van der Waals surface area contributed by atoms with Gasteiger partial charge in [-0.3, -0.25) is 4.79 Å². The largest absolute Gasteiger partial charge is 0.378 e. The van der Waals surface area contributed by atoms with Gasteiger partial charge in [-0.05, 0) is 32.1 Å². The average molecular weight is 264 g/mol. The number of rotatable bonds is 1. The fourth-order valence-electron chi connectivity index (χ4n) is 3.78. The van der Waals surface area contributed by atoms with Gasteiger partial charge in [0.05, 0.1) is 11.6 Å². The van der Waals surface area contributed by atoms with E-state index in [9.17, 15) is 4.79 Å². The number of oxime groups is 1. The van der Waals surface area contributed by atoms with Crippen LogP contribution in [0.5, 0.6) is 0 Å². The molecule has 2 atom stereocenters. The zero-order valence-corrected chi connectivity index (χ0v) is 12.2. The zero-order chi connectivity index (χ0) is 13.7. The summed E-state index contributed by atoms with van der Waals surface area (Å²) in [6, 6.07) is 0. The molecule has 0 bridgehead atoms. The Kier molecular flexibility index (Phi) is 2.88. The maximum Gasteiger partial charge on any atom is 0.270 e. The Morgan fingerprint density at radius 3 is 2.63 bits per heavy atom. The molecule has 1 amide bonds. The Bertz CT molecular complexity index is 418. The maximum atomic E-state index is 12.9. The van der Waals surface area contributed by atoms with E-state index in [4.69, 9.17) is 4.84 Å². The Morgan fingerprint density at radius 2 is 2.00 bits per heavy atom. The summed E-state index contributed by atoms with van der Waals surface area (Å²) in [7, 11) is 0. The molecule has 1 aliphatic carbocycles. The summed E-state index contributed by atoms with van der Waals surface area (Å²) in [5, 5.41) is 4.33. The van der Waals surface area contributed by atoms with Crippen LogP contribution in [0.4, 0.5) is 0 Å². The van der Waals surface area contributed by atoms with Crippen LogP contribution in [0.3, 0.4) is 0 Å². The molecule has 2 unspecified atom stereocenters. The topological polar surface area (TPSA) is 41.9 Å². The minimum Gasteiger partial charge on any atom is -0.378 e. The molecule has 0 aromatic rings. The maximum absolute atomic E-state index is 12.9. The molecule has 1 saturated carbocycles. The van der Waals surface area contributed by atoms with Crippen LogP contribution in [-0.4, -0.2) is 35.2 Å². The molecule has 2 fully saturated rings. The number of fused-ring (bicyclic) bond motifs is 1. The fraction of sp³-hybridized carbons (Fsp3) is 0.867. The Hall–Kier alpha value is -1.06. The van der Waals surface area contributed by atoms with Crippen molar-refractivity contribution < 1.29 is 9.63 Å². The first kappa shape index (κ1) is 12.9. The predicted molar refractivity (Wildman–Crippen MR) is 73.9 cm³/mol. The third-order valence-electron chi connectivity index (χ3n) is 4.76. The first-order chi connectivity index (χ1) is 8.95. The van der Waals surface area contributed by atoms with Gasteiger partial charge in [0, 0.05) is 18.5 Å². The van der Waals surface area contributed by atoms with Gasteiger partial charge in [0.25, 0.3) is 5.91 Å². The van der Waals surface area contributed by atoms with Crippen LogP contribution in [0.1, 0.15) is 52.9 Å². The second kappa shape index (κ2) is 4.22. The highest BCUT2D eigenvalue weighted by Gasteiger charge is 2.60. The summed E-state index contributed by atoms with van der Waals surface area (Å²) in [4.78, 5) is 20.6. The number of nitrogens with zero attached hydrogens (tertiary/aromatic N) is 2. The first-order valence-corrected chi connectivity index (χ1v) is 7.51. The normalized spacial score (nSPS) is 34.2. The van der Waals surface area contributed by atoms with Crippen LogP contribution in [0, 0.1) is 11.3 Å². The quantitative estimate of drug-likeness (QED) is 0.730. The Morgan fingerprint density at radius 1 is 1.32 bits per heavy atom. The third-order valence-corrected chi connectivity index (χ3v) is 4.76. The van der Waals surface area contributed by atoms with Crippen molar-refractivity contribution in [3.05, 3.63) is 0 Å². The molecule has 0 radical (unpaired) electrons. The number of amides is 1. The van der Waals surface area contributed by atoms with Crippen molar-refractivity contribution in [2.75, 3.05) is 13.1 Å². The molecule has 2 heterocycles. The molecule has 4 heteroatoms. The molecule has 0 aromatic heterocycles. The van der Waals surface area contributed by atoms with Gasteiger partial charge in [0.2, 0.25) is 5.60 Å². The summed E-state index contributed by atoms with van der Waals surface area (Å²) >= 11 is 0. The van der Waals surface area contributed by atoms with Crippen LogP contribution in [-0.2, 0) is 9.63 Å². The zero-order valence-electron chi connectivity index (χ0n) is 12.2. The molecule has 0 aromatic carbocycles. The lowest BCUT2D eigenvalue weighted by Crippen LogP contribution is -2.51. The van der Waals surface area contributed by atoms with E-state index in [1.165, 1.54) is 0 Å². The lowest BCUT2D eigenvalue weighted by molar-refractivity contribution is -0.156. The van der Waals surface area contributed by atoms with E-state index >= 15 is 0 Å². The van der Waals surface area contributed by atoms with Crippen LogP contribution in [0.15, 0.2) is 5.16 Å². The monoisotopic (exact) mass is 264 g/mol. The van der Waals surface area contributed by atoms with Crippen molar-refractivity contribution in [1.82, 2.24) is 4.90 Å². The third kappa shape index (κ3) is 1.87.